The topological polar surface area (TPSA) is 108 Å². The summed E-state index contributed by atoms with van der Waals surface area (Å²) in [7, 11) is 0. The number of thiazole rings is 1. The number of carbonyl (C=O) groups excluding carboxylic acids is 2. The van der Waals surface area contributed by atoms with E-state index in [-0.39, 0.29) is 24.1 Å². The van der Waals surface area contributed by atoms with E-state index in [0.717, 1.165) is 5.82 Å². The van der Waals surface area contributed by atoms with E-state index in [1.807, 2.05) is 4.57 Å². The van der Waals surface area contributed by atoms with Crippen LogP contribution in [0.15, 0.2) is 41.4 Å². The van der Waals surface area contributed by atoms with Crippen molar-refractivity contribution in [2.45, 2.75) is 37.9 Å². The van der Waals surface area contributed by atoms with Crippen LogP contribution in [-0.4, -0.2) is 50.6 Å². The first kappa shape index (κ1) is 28.0. The second kappa shape index (κ2) is 14.2. The van der Waals surface area contributed by atoms with Gasteiger partial charge in [0.15, 0.2) is 10.3 Å². The number of nitrogens with one attached hydrogen (secondary N) is 1. The number of esters is 1. The molecule has 13 heteroatoms. The van der Waals surface area contributed by atoms with Gasteiger partial charge in [-0.05, 0) is 31.5 Å². The molecule has 3 aromatic rings. The minimum absolute atomic E-state index is 0.0696. The number of amides is 1. The van der Waals surface area contributed by atoms with Crippen LogP contribution in [0.5, 0.6) is 5.75 Å². The quantitative estimate of drug-likeness (QED) is 0.124. The number of carbonyl (C=O) groups is 2. The van der Waals surface area contributed by atoms with Crippen LogP contribution in [0.25, 0.3) is 0 Å². The molecule has 0 saturated carbocycles. The van der Waals surface area contributed by atoms with Crippen molar-refractivity contribution >= 4 is 63.3 Å². The lowest BCUT2D eigenvalue weighted by molar-refractivity contribution is -0.142. The highest BCUT2D eigenvalue weighted by Crippen LogP contribution is 2.27. The number of allylic oxidation sites excluding steroid dienone is 1. The SMILES string of the molecule is C=CCn1c(CCCOc2ccc(Cl)cc2Cl)nnc1SCC(=O)Nc1nc(CC(=O)OCC)cs1. The van der Waals surface area contributed by atoms with Gasteiger partial charge in [-0.15, -0.1) is 28.1 Å². The molecule has 0 aliphatic rings. The average molecular weight is 571 g/mol. The van der Waals surface area contributed by atoms with E-state index in [9.17, 15) is 9.59 Å². The summed E-state index contributed by atoms with van der Waals surface area (Å²) in [5, 5.41) is 15.0. The summed E-state index contributed by atoms with van der Waals surface area (Å²) in [6, 6.07) is 5.09. The molecule has 192 valence electrons. The molecule has 0 bridgehead atoms. The molecular weight excluding hydrogens is 545 g/mol. The fraction of sp³-hybridized carbons (Fsp3) is 0.348. The number of aryl methyl sites for hydroxylation is 1. The minimum Gasteiger partial charge on any atom is -0.492 e. The average Bonchev–Trinajstić information content (AvgIpc) is 3.43. The lowest BCUT2D eigenvalue weighted by atomic mass is 10.3. The number of rotatable bonds is 14. The Balaban J connectivity index is 1.48. The molecule has 1 aromatic carbocycles. The standard InChI is InChI=1S/C23H25Cl2N5O4S2/c1-3-9-30-19(6-5-10-34-18-8-7-15(24)11-17(18)25)28-29-23(30)36-14-20(31)27-22-26-16(13-35-22)12-21(32)33-4-2/h3,7-8,11,13H,1,4-6,9-10,12,14H2,2H3,(H,26,27,31). The normalized spacial score (nSPS) is 10.8. The third-order valence-corrected chi connectivity index (χ3v) is 6.87. The van der Waals surface area contributed by atoms with Crippen molar-refractivity contribution < 1.29 is 19.1 Å². The van der Waals surface area contributed by atoms with E-state index in [1.54, 1.807) is 36.6 Å². The van der Waals surface area contributed by atoms with Crippen LogP contribution in [-0.2, 0) is 33.7 Å². The van der Waals surface area contributed by atoms with Gasteiger partial charge in [-0.25, -0.2) is 4.98 Å². The lowest BCUT2D eigenvalue weighted by Crippen LogP contribution is -2.15. The first-order valence-electron chi connectivity index (χ1n) is 11.0. The zero-order valence-electron chi connectivity index (χ0n) is 19.5. The monoisotopic (exact) mass is 569 g/mol. The number of hydrogen-bond donors (Lipinski definition) is 1. The summed E-state index contributed by atoms with van der Waals surface area (Å²) in [4.78, 5) is 28.3. The van der Waals surface area contributed by atoms with Crippen LogP contribution in [0.1, 0.15) is 24.9 Å². The number of anilines is 1. The Morgan fingerprint density at radius 1 is 1.31 bits per heavy atom. The van der Waals surface area contributed by atoms with Crippen LogP contribution >= 0.6 is 46.3 Å². The number of halogens is 2. The Morgan fingerprint density at radius 3 is 2.89 bits per heavy atom. The maximum Gasteiger partial charge on any atom is 0.311 e. The van der Waals surface area contributed by atoms with Crippen molar-refractivity contribution in [3.8, 4) is 5.75 Å². The molecule has 0 aliphatic carbocycles. The van der Waals surface area contributed by atoms with E-state index in [4.69, 9.17) is 32.7 Å². The number of hydrogen-bond acceptors (Lipinski definition) is 9. The van der Waals surface area contributed by atoms with Gasteiger partial charge in [0.05, 0.1) is 36.1 Å². The second-order valence-corrected chi connectivity index (χ2v) is 9.93. The fourth-order valence-corrected chi connectivity index (χ4v) is 4.97. The van der Waals surface area contributed by atoms with Crippen LogP contribution in [0.3, 0.4) is 0 Å². The molecule has 0 saturated heterocycles. The van der Waals surface area contributed by atoms with Gasteiger partial charge in [-0.3, -0.25) is 9.59 Å². The van der Waals surface area contributed by atoms with Crippen molar-refractivity contribution in [2.24, 2.45) is 0 Å². The number of benzene rings is 1. The van der Waals surface area contributed by atoms with Crippen molar-refractivity contribution in [2.75, 3.05) is 24.3 Å². The number of aromatic nitrogens is 4. The molecule has 0 unspecified atom stereocenters. The Morgan fingerprint density at radius 2 is 2.14 bits per heavy atom. The molecule has 0 radical (unpaired) electrons. The van der Waals surface area contributed by atoms with E-state index < -0.39 is 0 Å². The Kier molecular flexibility index (Phi) is 11.1. The summed E-state index contributed by atoms with van der Waals surface area (Å²) in [6.45, 7) is 6.82. The third kappa shape index (κ3) is 8.51. The molecule has 0 aliphatic heterocycles. The predicted octanol–water partition coefficient (Wildman–Crippen LogP) is 5.08. The largest absolute Gasteiger partial charge is 0.492 e. The highest BCUT2D eigenvalue weighted by Gasteiger charge is 2.15. The van der Waals surface area contributed by atoms with E-state index in [0.29, 0.717) is 64.4 Å². The van der Waals surface area contributed by atoms with Crippen molar-refractivity contribution in [1.82, 2.24) is 19.7 Å². The molecular formula is C23H25Cl2N5O4S2. The van der Waals surface area contributed by atoms with Gasteiger partial charge in [0.25, 0.3) is 0 Å². The second-order valence-electron chi connectivity index (χ2n) is 7.29. The van der Waals surface area contributed by atoms with Gasteiger partial charge in [0.2, 0.25) is 5.91 Å². The summed E-state index contributed by atoms with van der Waals surface area (Å²) >= 11 is 14.6. The van der Waals surface area contributed by atoms with Gasteiger partial charge in [-0.1, -0.05) is 41.0 Å². The zero-order chi connectivity index (χ0) is 25.9. The predicted molar refractivity (Wildman–Crippen MR) is 142 cm³/mol. The molecule has 0 spiro atoms. The first-order chi connectivity index (χ1) is 17.4. The van der Waals surface area contributed by atoms with Crippen LogP contribution < -0.4 is 10.1 Å². The molecule has 2 aromatic heterocycles. The van der Waals surface area contributed by atoms with E-state index in [2.05, 4.69) is 27.1 Å². The summed E-state index contributed by atoms with van der Waals surface area (Å²) < 4.78 is 12.6. The Bertz CT molecular complexity index is 1200. The smallest absolute Gasteiger partial charge is 0.311 e. The van der Waals surface area contributed by atoms with Gasteiger partial charge in [0, 0.05) is 23.4 Å². The summed E-state index contributed by atoms with van der Waals surface area (Å²) in [5.41, 5.74) is 0.555. The van der Waals surface area contributed by atoms with Crippen molar-refractivity contribution in [1.29, 1.82) is 0 Å². The minimum atomic E-state index is -0.353. The Hall–Kier alpha value is -2.60. The molecule has 3 rings (SSSR count). The molecule has 1 N–H and O–H groups in total. The molecule has 2 heterocycles. The number of nitrogens with zero attached hydrogens (tertiary/aromatic N) is 4. The van der Waals surface area contributed by atoms with Crippen molar-refractivity contribution in [3.05, 3.63) is 57.8 Å². The molecule has 0 atom stereocenters. The van der Waals surface area contributed by atoms with Crippen LogP contribution in [0, 0.1) is 0 Å². The van der Waals surface area contributed by atoms with Crippen LogP contribution in [0.4, 0.5) is 5.13 Å². The first-order valence-corrected chi connectivity index (χ1v) is 13.6. The summed E-state index contributed by atoms with van der Waals surface area (Å²) in [5.74, 6) is 0.880. The van der Waals surface area contributed by atoms with E-state index >= 15 is 0 Å². The number of ether oxygens (including phenoxy) is 2. The van der Waals surface area contributed by atoms with Crippen molar-refractivity contribution in [3.63, 3.8) is 0 Å². The van der Waals surface area contributed by atoms with Crippen LogP contribution in [0.2, 0.25) is 10.0 Å². The highest BCUT2D eigenvalue weighted by molar-refractivity contribution is 7.99. The molecule has 9 nitrogen and oxygen atoms in total. The van der Waals surface area contributed by atoms with Gasteiger partial charge < -0.3 is 19.4 Å². The van der Waals surface area contributed by atoms with Gasteiger partial charge in [0.1, 0.15) is 11.6 Å². The lowest BCUT2D eigenvalue weighted by Gasteiger charge is -2.09. The van der Waals surface area contributed by atoms with Gasteiger partial charge in [-0.2, -0.15) is 0 Å². The highest BCUT2D eigenvalue weighted by atomic mass is 35.5. The molecule has 36 heavy (non-hydrogen) atoms. The summed E-state index contributed by atoms with van der Waals surface area (Å²) in [6.07, 6.45) is 3.14. The zero-order valence-corrected chi connectivity index (χ0v) is 22.7. The Labute approximate surface area is 227 Å². The molecule has 0 fully saturated rings. The maximum atomic E-state index is 12.4. The fourth-order valence-electron chi connectivity index (χ4n) is 3.02. The number of thioether (sulfide) groups is 1. The maximum absolute atomic E-state index is 12.4. The van der Waals surface area contributed by atoms with E-state index in [1.165, 1.54) is 23.1 Å². The molecule has 1 amide bonds. The third-order valence-electron chi connectivity index (χ3n) is 4.56. The van der Waals surface area contributed by atoms with Gasteiger partial charge >= 0.3 is 5.97 Å².